The Bertz CT molecular complexity index is 494. The lowest BCUT2D eigenvalue weighted by Crippen LogP contribution is -2.06. The van der Waals surface area contributed by atoms with E-state index >= 15 is 0 Å². The molecule has 0 atom stereocenters. The molecule has 0 saturated heterocycles. The Morgan fingerprint density at radius 3 is 2.50 bits per heavy atom. The number of anilines is 1. The van der Waals surface area contributed by atoms with Gasteiger partial charge >= 0.3 is 0 Å². The maximum Gasteiger partial charge on any atom is 0.0827 e. The van der Waals surface area contributed by atoms with E-state index in [2.05, 4.69) is 22.4 Å². The van der Waals surface area contributed by atoms with Gasteiger partial charge in [-0.15, -0.1) is 0 Å². The van der Waals surface area contributed by atoms with Crippen LogP contribution in [0.4, 0.5) is 5.69 Å². The molecule has 0 aliphatic carbocycles. The zero-order valence-corrected chi connectivity index (χ0v) is 10.2. The average Bonchev–Trinajstić information content (AvgIpc) is 2.72. The van der Waals surface area contributed by atoms with Crippen LogP contribution in [0.1, 0.15) is 17.1 Å². The third-order valence-electron chi connectivity index (χ3n) is 2.88. The predicted octanol–water partition coefficient (Wildman–Crippen LogP) is 1.38. The quantitative estimate of drug-likeness (QED) is 0.848. The van der Waals surface area contributed by atoms with Gasteiger partial charge in [0.2, 0.25) is 0 Å². The van der Waals surface area contributed by atoms with Gasteiger partial charge < -0.3 is 5.32 Å². The van der Waals surface area contributed by atoms with E-state index in [-0.39, 0.29) is 0 Å². The minimum atomic E-state index is 0.768. The monoisotopic (exact) mass is 219 g/mol. The first kappa shape index (κ1) is 10.7. The molecule has 0 fully saturated rings. The minimum Gasteiger partial charge on any atom is -0.376 e. The first-order valence-electron chi connectivity index (χ1n) is 5.30. The number of hydrogen-bond acceptors (Lipinski definition) is 3. The van der Waals surface area contributed by atoms with E-state index in [4.69, 9.17) is 0 Å². The fourth-order valence-electron chi connectivity index (χ4n) is 1.78. The maximum absolute atomic E-state index is 4.36. The van der Waals surface area contributed by atoms with E-state index in [1.165, 1.54) is 0 Å². The van der Waals surface area contributed by atoms with E-state index < -0.39 is 0 Å². The fraction of sp³-hybridized carbons (Fsp3) is 0.455. The van der Waals surface area contributed by atoms with Crippen LogP contribution in [0.25, 0.3) is 0 Å². The lowest BCUT2D eigenvalue weighted by atomic mass is 10.3. The predicted molar refractivity (Wildman–Crippen MR) is 63.2 cm³/mol. The van der Waals surface area contributed by atoms with Crippen LogP contribution in [0.15, 0.2) is 12.3 Å². The highest BCUT2D eigenvalue weighted by molar-refractivity contribution is 5.52. The molecule has 0 aromatic carbocycles. The zero-order valence-electron chi connectivity index (χ0n) is 10.2. The van der Waals surface area contributed by atoms with Gasteiger partial charge in [-0.2, -0.15) is 10.2 Å². The number of aryl methyl sites for hydroxylation is 3. The summed E-state index contributed by atoms with van der Waals surface area (Å²) in [4.78, 5) is 0. The van der Waals surface area contributed by atoms with Crippen molar-refractivity contribution in [1.29, 1.82) is 0 Å². The van der Waals surface area contributed by atoms with Crippen molar-refractivity contribution in [3.8, 4) is 0 Å². The molecule has 0 aliphatic rings. The molecule has 2 heterocycles. The molecule has 0 saturated carbocycles. The van der Waals surface area contributed by atoms with Crippen LogP contribution in [0.2, 0.25) is 0 Å². The molecule has 1 N–H and O–H groups in total. The summed E-state index contributed by atoms with van der Waals surface area (Å²) in [5.74, 6) is 0. The van der Waals surface area contributed by atoms with Crippen molar-refractivity contribution in [2.75, 3.05) is 5.32 Å². The van der Waals surface area contributed by atoms with Gasteiger partial charge in [-0.05, 0) is 19.9 Å². The summed E-state index contributed by atoms with van der Waals surface area (Å²) in [6.07, 6.45) is 1.81. The summed E-state index contributed by atoms with van der Waals surface area (Å²) in [6, 6.07) is 2.01. The molecule has 5 heteroatoms. The van der Waals surface area contributed by atoms with Gasteiger partial charge in [0.1, 0.15) is 0 Å². The van der Waals surface area contributed by atoms with Crippen molar-refractivity contribution in [3.63, 3.8) is 0 Å². The van der Waals surface area contributed by atoms with Crippen molar-refractivity contribution in [2.45, 2.75) is 20.4 Å². The Morgan fingerprint density at radius 1 is 1.25 bits per heavy atom. The van der Waals surface area contributed by atoms with E-state index in [1.54, 1.807) is 6.20 Å². The van der Waals surface area contributed by atoms with Crippen LogP contribution in [0.5, 0.6) is 0 Å². The molecule has 0 aliphatic heterocycles. The fourth-order valence-corrected chi connectivity index (χ4v) is 1.78. The van der Waals surface area contributed by atoms with E-state index in [0.717, 1.165) is 29.3 Å². The van der Waals surface area contributed by atoms with E-state index in [1.807, 2.05) is 36.4 Å². The molecule has 5 nitrogen and oxygen atoms in total. The van der Waals surface area contributed by atoms with Gasteiger partial charge in [-0.25, -0.2) is 0 Å². The number of rotatable bonds is 3. The van der Waals surface area contributed by atoms with Crippen LogP contribution in [-0.2, 0) is 20.6 Å². The maximum atomic E-state index is 4.36. The summed E-state index contributed by atoms with van der Waals surface area (Å²) in [6.45, 7) is 4.84. The second kappa shape index (κ2) is 4.00. The highest BCUT2D eigenvalue weighted by atomic mass is 15.3. The van der Waals surface area contributed by atoms with Crippen LogP contribution >= 0.6 is 0 Å². The summed E-state index contributed by atoms with van der Waals surface area (Å²) >= 11 is 0. The van der Waals surface area contributed by atoms with Gasteiger partial charge in [0.05, 0.1) is 29.3 Å². The highest BCUT2D eigenvalue weighted by Gasteiger charge is 2.09. The Hall–Kier alpha value is -1.78. The third kappa shape index (κ3) is 1.80. The Kier molecular flexibility index (Phi) is 2.68. The highest BCUT2D eigenvalue weighted by Crippen LogP contribution is 2.18. The normalized spacial score (nSPS) is 10.8. The Balaban J connectivity index is 2.13. The Labute approximate surface area is 95.1 Å². The molecular weight excluding hydrogens is 202 g/mol. The molecular formula is C11H17N5. The Morgan fingerprint density at radius 2 is 2.00 bits per heavy atom. The van der Waals surface area contributed by atoms with Crippen molar-refractivity contribution < 1.29 is 0 Å². The van der Waals surface area contributed by atoms with Gasteiger partial charge in [0, 0.05) is 20.3 Å². The van der Waals surface area contributed by atoms with E-state index in [0.29, 0.717) is 0 Å². The number of hydrogen-bond donors (Lipinski definition) is 1. The SMILES string of the molecule is Cc1nn(C)c(C)c1NCc1ccnn1C. The van der Waals surface area contributed by atoms with Crippen molar-refractivity contribution in [1.82, 2.24) is 19.6 Å². The van der Waals surface area contributed by atoms with Crippen LogP contribution in [0, 0.1) is 13.8 Å². The van der Waals surface area contributed by atoms with Crippen LogP contribution < -0.4 is 5.32 Å². The molecule has 2 aromatic rings. The standard InChI is InChI=1S/C11H17N5/c1-8-11(9(2)15(3)14-8)12-7-10-5-6-13-16(10)4/h5-6,12H,7H2,1-4H3. The lowest BCUT2D eigenvalue weighted by molar-refractivity contribution is 0.719. The topological polar surface area (TPSA) is 47.7 Å². The van der Waals surface area contributed by atoms with Crippen molar-refractivity contribution in [3.05, 3.63) is 29.3 Å². The molecule has 0 spiro atoms. The third-order valence-corrected chi connectivity index (χ3v) is 2.88. The van der Waals surface area contributed by atoms with Crippen molar-refractivity contribution >= 4 is 5.69 Å². The molecule has 16 heavy (non-hydrogen) atoms. The second-order valence-corrected chi connectivity index (χ2v) is 3.97. The van der Waals surface area contributed by atoms with Gasteiger partial charge in [-0.1, -0.05) is 0 Å². The largest absolute Gasteiger partial charge is 0.376 e. The number of aromatic nitrogens is 4. The summed E-state index contributed by atoms with van der Waals surface area (Å²) in [7, 11) is 3.90. The molecule has 2 rings (SSSR count). The summed E-state index contributed by atoms with van der Waals surface area (Å²) < 4.78 is 3.76. The molecule has 0 unspecified atom stereocenters. The average molecular weight is 219 g/mol. The van der Waals surface area contributed by atoms with Crippen molar-refractivity contribution in [2.24, 2.45) is 14.1 Å². The van der Waals surface area contributed by atoms with Gasteiger partial charge in [-0.3, -0.25) is 9.36 Å². The molecule has 86 valence electrons. The minimum absolute atomic E-state index is 0.768. The first-order chi connectivity index (χ1) is 7.59. The van der Waals surface area contributed by atoms with Gasteiger partial charge in [0.25, 0.3) is 0 Å². The van der Waals surface area contributed by atoms with Crippen LogP contribution in [-0.4, -0.2) is 19.6 Å². The smallest absolute Gasteiger partial charge is 0.0827 e. The molecule has 0 amide bonds. The molecule has 2 aromatic heterocycles. The number of nitrogens with one attached hydrogen (secondary N) is 1. The second-order valence-electron chi connectivity index (χ2n) is 3.97. The first-order valence-corrected chi connectivity index (χ1v) is 5.30. The molecule has 0 radical (unpaired) electrons. The molecule has 0 bridgehead atoms. The summed E-state index contributed by atoms with van der Waals surface area (Å²) in [5.41, 5.74) is 4.45. The zero-order chi connectivity index (χ0) is 11.7. The van der Waals surface area contributed by atoms with Gasteiger partial charge in [0.15, 0.2) is 0 Å². The lowest BCUT2D eigenvalue weighted by Gasteiger charge is -2.06. The van der Waals surface area contributed by atoms with E-state index in [9.17, 15) is 0 Å². The van der Waals surface area contributed by atoms with Crippen LogP contribution in [0.3, 0.4) is 0 Å². The number of nitrogens with zero attached hydrogens (tertiary/aromatic N) is 4. The summed E-state index contributed by atoms with van der Waals surface area (Å²) in [5, 5.41) is 11.9.